The van der Waals surface area contributed by atoms with Crippen LogP contribution in [0.15, 0.2) is 23.2 Å². The summed E-state index contributed by atoms with van der Waals surface area (Å²) in [5, 5.41) is 12.3. The first-order valence-corrected chi connectivity index (χ1v) is 6.81. The van der Waals surface area contributed by atoms with Gasteiger partial charge in [0.05, 0.1) is 0 Å². The van der Waals surface area contributed by atoms with E-state index >= 15 is 0 Å². The number of hydrogen-bond acceptors (Lipinski definition) is 5. The Kier molecular flexibility index (Phi) is 4.97. The van der Waals surface area contributed by atoms with E-state index in [4.69, 9.17) is 14.4 Å². The largest absolute Gasteiger partial charge is 0.476 e. The molecule has 1 amide bonds. The first kappa shape index (κ1) is 15.1. The minimum atomic E-state index is -1.09. The smallest absolute Gasteiger partial charge is 0.410 e. The van der Waals surface area contributed by atoms with Gasteiger partial charge in [0, 0.05) is 25.6 Å². The predicted molar refractivity (Wildman–Crippen MR) is 73.0 cm³/mol. The van der Waals surface area contributed by atoms with Gasteiger partial charge in [-0.05, 0) is 18.8 Å². The second kappa shape index (κ2) is 6.92. The van der Waals surface area contributed by atoms with E-state index in [0.717, 1.165) is 12.8 Å². The second-order valence-electron chi connectivity index (χ2n) is 4.98. The first-order chi connectivity index (χ1) is 10.1. The van der Waals surface area contributed by atoms with Gasteiger partial charge in [-0.3, -0.25) is 0 Å². The Hall–Kier alpha value is -2.31. The maximum absolute atomic E-state index is 11.7. The molecule has 1 aromatic heterocycles. The predicted octanol–water partition coefficient (Wildman–Crippen LogP) is 1.95. The average Bonchev–Trinajstić information content (AvgIpc) is 2.94. The quantitative estimate of drug-likeness (QED) is 0.834. The molecule has 1 aliphatic heterocycles. The number of ether oxygens (including phenoxy) is 1. The fourth-order valence-corrected chi connectivity index (χ4v) is 2.34. The number of carboxylic acids is 1. The van der Waals surface area contributed by atoms with Crippen LogP contribution in [0.3, 0.4) is 0 Å². The fourth-order valence-electron chi connectivity index (χ4n) is 2.34. The number of nitrogens with zero attached hydrogens (tertiary/aromatic N) is 2. The average molecular weight is 294 g/mol. The molecule has 0 saturated carbocycles. The summed E-state index contributed by atoms with van der Waals surface area (Å²) in [4.78, 5) is 24.1. The van der Waals surface area contributed by atoms with Crippen molar-refractivity contribution < 1.29 is 24.0 Å². The number of likely N-dealkylation sites (tertiary alicyclic amines) is 1. The van der Waals surface area contributed by atoms with E-state index in [1.54, 1.807) is 4.90 Å². The Morgan fingerprint density at radius 3 is 2.81 bits per heavy atom. The van der Waals surface area contributed by atoms with Crippen molar-refractivity contribution in [2.45, 2.75) is 19.3 Å². The van der Waals surface area contributed by atoms with E-state index in [1.165, 1.54) is 12.1 Å². The van der Waals surface area contributed by atoms with Crippen LogP contribution < -0.4 is 0 Å². The highest BCUT2D eigenvalue weighted by Crippen LogP contribution is 2.22. The molecule has 0 radical (unpaired) electrons. The van der Waals surface area contributed by atoms with E-state index in [0.29, 0.717) is 31.2 Å². The maximum atomic E-state index is 11.7. The number of amides is 1. The standard InChI is InChI=1S/C14H18N2O5/c1-2-7-20-14(19)16-5-3-10(4-6-16)8-11-9-12(13(17)18)15-21-11/h2,9-10H,1,3-8H2,(H,17,18). The van der Waals surface area contributed by atoms with Crippen LogP contribution in [-0.4, -0.2) is 46.9 Å². The first-order valence-electron chi connectivity index (χ1n) is 6.81. The van der Waals surface area contributed by atoms with Crippen LogP contribution in [0.25, 0.3) is 0 Å². The molecule has 7 nitrogen and oxygen atoms in total. The zero-order valence-electron chi connectivity index (χ0n) is 11.7. The van der Waals surface area contributed by atoms with Crippen LogP contribution in [0.2, 0.25) is 0 Å². The summed E-state index contributed by atoms with van der Waals surface area (Å²) in [6.45, 7) is 4.97. The number of carbonyl (C=O) groups is 2. The lowest BCUT2D eigenvalue weighted by atomic mass is 9.92. The van der Waals surface area contributed by atoms with Gasteiger partial charge in [-0.15, -0.1) is 0 Å². The summed E-state index contributed by atoms with van der Waals surface area (Å²) < 4.78 is 10.00. The minimum absolute atomic E-state index is 0.0737. The lowest BCUT2D eigenvalue weighted by Crippen LogP contribution is -2.39. The fraction of sp³-hybridized carbons (Fsp3) is 0.500. The van der Waals surface area contributed by atoms with Crippen molar-refractivity contribution >= 4 is 12.1 Å². The SMILES string of the molecule is C=CCOC(=O)N1CCC(Cc2cc(C(=O)O)no2)CC1. The lowest BCUT2D eigenvalue weighted by Gasteiger charge is -2.30. The van der Waals surface area contributed by atoms with E-state index in [-0.39, 0.29) is 18.4 Å². The Bertz CT molecular complexity index is 517. The zero-order valence-corrected chi connectivity index (χ0v) is 11.7. The molecule has 1 aliphatic rings. The van der Waals surface area contributed by atoms with Gasteiger partial charge in [0.15, 0.2) is 5.69 Å². The van der Waals surface area contributed by atoms with Crippen LogP contribution in [0, 0.1) is 5.92 Å². The highest BCUT2D eigenvalue weighted by molar-refractivity contribution is 5.85. The highest BCUT2D eigenvalue weighted by atomic mass is 16.6. The molecule has 2 rings (SSSR count). The van der Waals surface area contributed by atoms with Crippen molar-refractivity contribution in [3.8, 4) is 0 Å². The van der Waals surface area contributed by atoms with Crippen LogP contribution >= 0.6 is 0 Å². The summed E-state index contributed by atoms with van der Waals surface area (Å²) in [5.74, 6) is -0.173. The number of carbonyl (C=O) groups excluding carboxylic acids is 1. The van der Waals surface area contributed by atoms with Crippen LogP contribution in [0.1, 0.15) is 29.1 Å². The molecule has 1 saturated heterocycles. The van der Waals surface area contributed by atoms with E-state index in [1.807, 2.05) is 0 Å². The van der Waals surface area contributed by atoms with Crippen molar-refractivity contribution in [1.29, 1.82) is 0 Å². The van der Waals surface area contributed by atoms with E-state index < -0.39 is 5.97 Å². The molecule has 0 aromatic carbocycles. The van der Waals surface area contributed by atoms with Crippen molar-refractivity contribution in [3.63, 3.8) is 0 Å². The molecular formula is C14H18N2O5. The summed E-state index contributed by atoms with van der Waals surface area (Å²) in [5.41, 5.74) is -0.0737. The van der Waals surface area contributed by atoms with Gasteiger partial charge in [0.1, 0.15) is 12.4 Å². The van der Waals surface area contributed by atoms with Gasteiger partial charge >= 0.3 is 12.1 Å². The molecule has 0 aliphatic carbocycles. The van der Waals surface area contributed by atoms with Gasteiger partial charge in [0.2, 0.25) is 0 Å². The molecule has 2 heterocycles. The monoisotopic (exact) mass is 294 g/mol. The minimum Gasteiger partial charge on any atom is -0.476 e. The number of piperidine rings is 1. The van der Waals surface area contributed by atoms with Gasteiger partial charge < -0.3 is 19.3 Å². The third-order valence-electron chi connectivity index (χ3n) is 3.47. The normalized spacial score (nSPS) is 15.7. The second-order valence-corrected chi connectivity index (χ2v) is 4.98. The highest BCUT2D eigenvalue weighted by Gasteiger charge is 2.25. The van der Waals surface area contributed by atoms with E-state index in [2.05, 4.69) is 11.7 Å². The zero-order chi connectivity index (χ0) is 15.2. The molecule has 0 spiro atoms. The summed E-state index contributed by atoms with van der Waals surface area (Å²) in [6.07, 6.45) is 3.50. The molecule has 7 heteroatoms. The maximum Gasteiger partial charge on any atom is 0.410 e. The van der Waals surface area contributed by atoms with Crippen molar-refractivity contribution in [2.24, 2.45) is 5.92 Å². The molecule has 1 fully saturated rings. The Labute approximate surface area is 122 Å². The summed E-state index contributed by atoms with van der Waals surface area (Å²) >= 11 is 0. The molecule has 21 heavy (non-hydrogen) atoms. The van der Waals surface area contributed by atoms with Crippen LogP contribution in [0.5, 0.6) is 0 Å². The summed E-state index contributed by atoms with van der Waals surface area (Å²) in [6, 6.07) is 1.45. The topological polar surface area (TPSA) is 92.9 Å². The molecule has 0 unspecified atom stereocenters. The Balaban J connectivity index is 1.79. The third-order valence-corrected chi connectivity index (χ3v) is 3.47. The number of aromatic carboxylic acids is 1. The van der Waals surface area contributed by atoms with Crippen LogP contribution in [0.4, 0.5) is 4.79 Å². The molecule has 114 valence electrons. The lowest BCUT2D eigenvalue weighted by molar-refractivity contribution is 0.0685. The number of rotatable bonds is 5. The van der Waals surface area contributed by atoms with Crippen LogP contribution in [-0.2, 0) is 11.2 Å². The van der Waals surface area contributed by atoms with Crippen molar-refractivity contribution in [1.82, 2.24) is 10.1 Å². The van der Waals surface area contributed by atoms with Gasteiger partial charge in [-0.2, -0.15) is 0 Å². The van der Waals surface area contributed by atoms with Crippen molar-refractivity contribution in [3.05, 3.63) is 30.2 Å². The van der Waals surface area contributed by atoms with Gasteiger partial charge in [0.25, 0.3) is 0 Å². The molecule has 0 bridgehead atoms. The third kappa shape index (κ3) is 4.08. The molecule has 1 aromatic rings. The molecular weight excluding hydrogens is 276 g/mol. The van der Waals surface area contributed by atoms with Gasteiger partial charge in [-0.1, -0.05) is 17.8 Å². The number of carboxylic acid groups (broad SMARTS) is 1. The van der Waals surface area contributed by atoms with E-state index in [9.17, 15) is 9.59 Å². The van der Waals surface area contributed by atoms with Gasteiger partial charge in [-0.25, -0.2) is 9.59 Å². The Morgan fingerprint density at radius 1 is 1.52 bits per heavy atom. The van der Waals surface area contributed by atoms with Crippen molar-refractivity contribution in [2.75, 3.05) is 19.7 Å². The number of hydrogen-bond donors (Lipinski definition) is 1. The molecule has 0 atom stereocenters. The molecule has 1 N–H and O–H groups in total. The summed E-state index contributed by atoms with van der Waals surface area (Å²) in [7, 11) is 0. The Morgan fingerprint density at radius 2 is 2.24 bits per heavy atom. The number of aromatic nitrogens is 1.